The van der Waals surface area contributed by atoms with E-state index in [1.807, 2.05) is 36.7 Å². The van der Waals surface area contributed by atoms with Crippen molar-refractivity contribution in [1.82, 2.24) is 14.9 Å². The summed E-state index contributed by atoms with van der Waals surface area (Å²) in [5, 5.41) is 2.91. The zero-order chi connectivity index (χ0) is 23.0. The molecule has 7 heteroatoms. The molecule has 0 aliphatic carbocycles. The molecule has 33 heavy (non-hydrogen) atoms. The van der Waals surface area contributed by atoms with Crippen molar-refractivity contribution >= 4 is 28.9 Å². The van der Waals surface area contributed by atoms with Gasteiger partial charge in [-0.1, -0.05) is 48.5 Å². The van der Waals surface area contributed by atoms with E-state index in [9.17, 15) is 9.59 Å². The first-order valence-corrected chi connectivity index (χ1v) is 10.5. The maximum Gasteiger partial charge on any atom is 0.255 e. The zero-order valence-electron chi connectivity index (χ0n) is 18.0. The fraction of sp³-hybridized carbons (Fsp3) is 0.115. The number of primary amides is 1. The molecule has 166 valence electrons. The first-order chi connectivity index (χ1) is 16.1. The van der Waals surface area contributed by atoms with Gasteiger partial charge < -0.3 is 20.4 Å². The topological polar surface area (TPSA) is 99.2 Å². The van der Waals surface area contributed by atoms with Crippen molar-refractivity contribution in [3.05, 3.63) is 102 Å². The van der Waals surface area contributed by atoms with Crippen LogP contribution in [0.2, 0.25) is 0 Å². The minimum Gasteiger partial charge on any atom is -0.484 e. The van der Waals surface area contributed by atoms with Gasteiger partial charge in [-0.05, 0) is 47.0 Å². The molecule has 0 saturated carbocycles. The number of carbonyl (C=O) groups is 2. The van der Waals surface area contributed by atoms with Crippen LogP contribution in [0.4, 0.5) is 0 Å². The van der Waals surface area contributed by atoms with Crippen LogP contribution in [0, 0.1) is 0 Å². The highest BCUT2D eigenvalue weighted by atomic mass is 16.5. The highest BCUT2D eigenvalue weighted by molar-refractivity contribution is 5.91. The third kappa shape index (κ3) is 6.07. The van der Waals surface area contributed by atoms with E-state index < -0.39 is 5.91 Å². The second kappa shape index (κ2) is 10.3. The summed E-state index contributed by atoms with van der Waals surface area (Å²) in [6.07, 6.45) is 5.05. The molecule has 0 atom stereocenters. The molecule has 2 amide bonds. The van der Waals surface area contributed by atoms with E-state index in [0.717, 1.165) is 27.7 Å². The van der Waals surface area contributed by atoms with Gasteiger partial charge in [0.05, 0.1) is 17.4 Å². The Bertz CT molecular complexity index is 1290. The molecule has 0 unspecified atom stereocenters. The smallest absolute Gasteiger partial charge is 0.255 e. The Balaban J connectivity index is 1.31. The van der Waals surface area contributed by atoms with Crippen LogP contribution in [0.3, 0.4) is 0 Å². The second-order valence-electron chi connectivity index (χ2n) is 7.56. The van der Waals surface area contributed by atoms with Crippen LogP contribution in [-0.2, 0) is 22.7 Å². The van der Waals surface area contributed by atoms with Crippen LogP contribution < -0.4 is 15.8 Å². The minimum absolute atomic E-state index is 0.169. The molecule has 0 saturated heterocycles. The Morgan fingerprint density at radius 1 is 1.00 bits per heavy atom. The summed E-state index contributed by atoms with van der Waals surface area (Å²) in [4.78, 5) is 27.4. The molecule has 0 fully saturated rings. The van der Waals surface area contributed by atoms with Gasteiger partial charge in [-0.15, -0.1) is 0 Å². The van der Waals surface area contributed by atoms with Crippen molar-refractivity contribution in [1.29, 1.82) is 0 Å². The Labute approximate surface area is 191 Å². The predicted molar refractivity (Wildman–Crippen MR) is 127 cm³/mol. The minimum atomic E-state index is -0.531. The number of para-hydroxylation sites is 2. The van der Waals surface area contributed by atoms with E-state index in [1.165, 1.54) is 6.08 Å². The van der Waals surface area contributed by atoms with Crippen LogP contribution in [-0.4, -0.2) is 28.0 Å². The maximum atomic E-state index is 12.2. The molecule has 3 aromatic carbocycles. The zero-order valence-corrected chi connectivity index (χ0v) is 18.0. The quantitative estimate of drug-likeness (QED) is 0.390. The van der Waals surface area contributed by atoms with Crippen molar-refractivity contribution < 1.29 is 14.3 Å². The number of carbonyl (C=O) groups excluding carboxylic acids is 2. The van der Waals surface area contributed by atoms with Crippen molar-refractivity contribution in [3.8, 4) is 5.75 Å². The molecular weight excluding hydrogens is 416 g/mol. The van der Waals surface area contributed by atoms with Crippen molar-refractivity contribution in [2.24, 2.45) is 5.73 Å². The molecular formula is C26H24N4O3. The van der Waals surface area contributed by atoms with E-state index in [0.29, 0.717) is 18.8 Å². The van der Waals surface area contributed by atoms with E-state index in [4.69, 9.17) is 10.5 Å². The number of hydrogen-bond donors (Lipinski definition) is 2. The summed E-state index contributed by atoms with van der Waals surface area (Å²) < 4.78 is 7.33. The Morgan fingerprint density at radius 3 is 2.61 bits per heavy atom. The average molecular weight is 441 g/mol. The van der Waals surface area contributed by atoms with Crippen LogP contribution in [0.5, 0.6) is 5.75 Å². The molecule has 4 aromatic rings. The highest BCUT2D eigenvalue weighted by Gasteiger charge is 2.04. The van der Waals surface area contributed by atoms with Gasteiger partial charge in [-0.2, -0.15) is 0 Å². The van der Waals surface area contributed by atoms with E-state index >= 15 is 0 Å². The van der Waals surface area contributed by atoms with Gasteiger partial charge in [0.2, 0.25) is 5.91 Å². The number of imidazole rings is 1. The largest absolute Gasteiger partial charge is 0.484 e. The lowest BCUT2D eigenvalue weighted by atomic mass is 10.1. The van der Waals surface area contributed by atoms with Gasteiger partial charge in [0, 0.05) is 19.2 Å². The number of nitrogens with zero attached hydrogens (tertiary/aromatic N) is 2. The van der Waals surface area contributed by atoms with Crippen LogP contribution in [0.1, 0.15) is 16.7 Å². The van der Waals surface area contributed by atoms with E-state index in [-0.39, 0.29) is 12.5 Å². The van der Waals surface area contributed by atoms with Gasteiger partial charge in [0.15, 0.2) is 6.61 Å². The monoisotopic (exact) mass is 440 g/mol. The number of hydrogen-bond acceptors (Lipinski definition) is 4. The number of aromatic nitrogens is 2. The van der Waals surface area contributed by atoms with Crippen LogP contribution in [0.25, 0.3) is 17.1 Å². The Hall–Kier alpha value is -4.39. The van der Waals surface area contributed by atoms with Gasteiger partial charge in [-0.25, -0.2) is 4.98 Å². The molecule has 4 rings (SSSR count). The van der Waals surface area contributed by atoms with Crippen molar-refractivity contribution in [2.75, 3.05) is 6.61 Å². The molecule has 1 aromatic heterocycles. The van der Waals surface area contributed by atoms with Gasteiger partial charge in [0.25, 0.3) is 5.91 Å². The van der Waals surface area contributed by atoms with Crippen LogP contribution in [0.15, 0.2) is 85.2 Å². The summed E-state index contributed by atoms with van der Waals surface area (Å²) in [6, 6.07) is 23.2. The third-order valence-electron chi connectivity index (χ3n) is 5.03. The molecule has 7 nitrogen and oxygen atoms in total. The van der Waals surface area contributed by atoms with E-state index in [1.54, 1.807) is 30.3 Å². The number of nitrogens with one attached hydrogen (secondary N) is 1. The second-order valence-corrected chi connectivity index (χ2v) is 7.56. The Morgan fingerprint density at radius 2 is 1.79 bits per heavy atom. The number of ether oxygens (including phenoxy) is 1. The SMILES string of the molecule is NC(=O)COc1ccc(/C=C/C(=O)NCc2cccc(Cn3cnc4ccccc43)c2)cc1. The molecule has 0 spiro atoms. The molecule has 3 N–H and O–H groups in total. The van der Waals surface area contributed by atoms with Gasteiger partial charge >= 0.3 is 0 Å². The van der Waals surface area contributed by atoms with Crippen molar-refractivity contribution in [2.45, 2.75) is 13.1 Å². The van der Waals surface area contributed by atoms with Gasteiger partial charge in [0.1, 0.15) is 5.75 Å². The number of amides is 2. The summed E-state index contributed by atoms with van der Waals surface area (Å²) >= 11 is 0. The normalized spacial score (nSPS) is 11.0. The Kier molecular flexibility index (Phi) is 6.80. The number of benzene rings is 3. The highest BCUT2D eigenvalue weighted by Crippen LogP contribution is 2.15. The lowest BCUT2D eigenvalue weighted by Crippen LogP contribution is -2.20. The summed E-state index contributed by atoms with van der Waals surface area (Å²) in [6.45, 7) is 0.973. The maximum absolute atomic E-state index is 12.2. The lowest BCUT2D eigenvalue weighted by Gasteiger charge is -2.08. The lowest BCUT2D eigenvalue weighted by molar-refractivity contribution is -0.120. The standard InChI is InChI=1S/C26H24N4O3/c27-25(31)17-33-22-11-8-19(9-12-22)10-13-26(32)28-15-20-4-3-5-21(14-20)16-30-18-29-23-6-1-2-7-24(23)30/h1-14,18H,15-17H2,(H2,27,31)(H,28,32)/b13-10+. The molecule has 0 aliphatic rings. The fourth-order valence-electron chi connectivity index (χ4n) is 3.42. The third-order valence-corrected chi connectivity index (χ3v) is 5.03. The number of fused-ring (bicyclic) bond motifs is 1. The first-order valence-electron chi connectivity index (χ1n) is 10.5. The van der Waals surface area contributed by atoms with Crippen LogP contribution >= 0.6 is 0 Å². The molecule has 0 radical (unpaired) electrons. The number of rotatable bonds is 9. The fourth-order valence-corrected chi connectivity index (χ4v) is 3.42. The molecule has 1 heterocycles. The number of nitrogens with two attached hydrogens (primary N) is 1. The molecule has 0 bridgehead atoms. The summed E-state index contributed by atoms with van der Waals surface area (Å²) in [7, 11) is 0. The van der Waals surface area contributed by atoms with Gasteiger partial charge in [-0.3, -0.25) is 9.59 Å². The van der Waals surface area contributed by atoms with E-state index in [2.05, 4.69) is 33.1 Å². The summed E-state index contributed by atoms with van der Waals surface area (Å²) in [5.74, 6) is -0.176. The predicted octanol–water partition coefficient (Wildman–Crippen LogP) is 3.28. The molecule has 0 aliphatic heterocycles. The first kappa shape index (κ1) is 21.8. The summed E-state index contributed by atoms with van der Waals surface area (Å²) in [5.41, 5.74) is 10.1. The van der Waals surface area contributed by atoms with Crippen molar-refractivity contribution in [3.63, 3.8) is 0 Å². The average Bonchev–Trinajstić information content (AvgIpc) is 3.24.